The zero-order chi connectivity index (χ0) is 22.1. The summed E-state index contributed by atoms with van der Waals surface area (Å²) in [6.45, 7) is 7.72. The highest BCUT2D eigenvalue weighted by Gasteiger charge is 2.24. The number of hydrogen-bond donors (Lipinski definition) is 2. The van der Waals surface area contributed by atoms with Gasteiger partial charge < -0.3 is 20.3 Å². The van der Waals surface area contributed by atoms with Crippen molar-refractivity contribution in [3.8, 4) is 5.75 Å². The molecule has 0 unspecified atom stereocenters. The molecule has 1 heterocycles. The Hall–Kier alpha value is -2.60. The van der Waals surface area contributed by atoms with Crippen LogP contribution in [0.5, 0.6) is 5.75 Å². The van der Waals surface area contributed by atoms with Crippen LogP contribution in [0.2, 0.25) is 0 Å². The maximum absolute atomic E-state index is 13.3. The number of nitrogens with zero attached hydrogens (tertiary/aromatic N) is 1. The highest BCUT2D eigenvalue weighted by molar-refractivity contribution is 5.74. The van der Waals surface area contributed by atoms with Crippen molar-refractivity contribution in [1.82, 2.24) is 15.5 Å². The minimum absolute atomic E-state index is 0.0867. The molecule has 0 aromatic heterocycles. The van der Waals surface area contributed by atoms with Gasteiger partial charge in [-0.1, -0.05) is 38.1 Å². The van der Waals surface area contributed by atoms with Crippen molar-refractivity contribution < 1.29 is 13.9 Å². The Morgan fingerprint density at radius 2 is 1.81 bits per heavy atom. The van der Waals surface area contributed by atoms with Crippen molar-refractivity contribution in [1.29, 1.82) is 0 Å². The lowest BCUT2D eigenvalue weighted by molar-refractivity contribution is 0.163. The number of ether oxygens (including phenoxy) is 1. The van der Waals surface area contributed by atoms with E-state index in [9.17, 15) is 9.18 Å². The first-order valence-electron chi connectivity index (χ1n) is 11.2. The fraction of sp³-hybridized carbons (Fsp3) is 0.480. The Balaban J connectivity index is 1.62. The molecular weight excluding hydrogens is 393 g/mol. The number of urea groups is 1. The number of carbonyl (C=O) groups is 1. The van der Waals surface area contributed by atoms with E-state index in [1.165, 1.54) is 12.1 Å². The van der Waals surface area contributed by atoms with Gasteiger partial charge in [0.2, 0.25) is 0 Å². The van der Waals surface area contributed by atoms with E-state index < -0.39 is 0 Å². The Labute approximate surface area is 185 Å². The molecule has 1 atom stereocenters. The van der Waals surface area contributed by atoms with Crippen LogP contribution in [0.4, 0.5) is 9.18 Å². The third-order valence-corrected chi connectivity index (χ3v) is 5.46. The number of carbonyl (C=O) groups excluding carboxylic acids is 1. The molecule has 6 heteroatoms. The van der Waals surface area contributed by atoms with Crippen LogP contribution in [0, 0.1) is 11.7 Å². The Morgan fingerprint density at radius 3 is 2.52 bits per heavy atom. The molecule has 3 rings (SSSR count). The van der Waals surface area contributed by atoms with Gasteiger partial charge in [-0.2, -0.15) is 0 Å². The van der Waals surface area contributed by atoms with Gasteiger partial charge in [-0.05, 0) is 73.7 Å². The smallest absolute Gasteiger partial charge is 0.318 e. The molecule has 2 aromatic carbocycles. The molecule has 1 aliphatic heterocycles. The lowest BCUT2D eigenvalue weighted by Crippen LogP contribution is -2.45. The molecule has 0 saturated carbocycles. The summed E-state index contributed by atoms with van der Waals surface area (Å²) in [5.41, 5.74) is 1.95. The van der Waals surface area contributed by atoms with Crippen molar-refractivity contribution in [2.45, 2.75) is 52.2 Å². The van der Waals surface area contributed by atoms with Gasteiger partial charge in [0.15, 0.2) is 0 Å². The van der Waals surface area contributed by atoms with Crippen LogP contribution in [0.1, 0.15) is 44.2 Å². The second kappa shape index (κ2) is 11.7. The third-order valence-electron chi connectivity index (χ3n) is 5.46. The first-order valence-corrected chi connectivity index (χ1v) is 11.2. The quantitative estimate of drug-likeness (QED) is 0.641. The summed E-state index contributed by atoms with van der Waals surface area (Å²) in [7, 11) is 0. The van der Waals surface area contributed by atoms with E-state index in [1.54, 1.807) is 12.1 Å². The number of nitrogens with one attached hydrogen (secondary N) is 2. The second-order valence-corrected chi connectivity index (χ2v) is 8.60. The van der Waals surface area contributed by atoms with Crippen molar-refractivity contribution in [2.24, 2.45) is 5.92 Å². The average molecular weight is 428 g/mol. The summed E-state index contributed by atoms with van der Waals surface area (Å²) in [5, 5.41) is 6.47. The van der Waals surface area contributed by atoms with Gasteiger partial charge in [0.1, 0.15) is 11.6 Å². The molecule has 168 valence electrons. The molecular formula is C25H34FN3O2. The molecule has 1 fully saturated rings. The molecule has 5 nitrogen and oxygen atoms in total. The van der Waals surface area contributed by atoms with E-state index >= 15 is 0 Å². The predicted octanol–water partition coefficient (Wildman–Crippen LogP) is 4.71. The van der Waals surface area contributed by atoms with E-state index in [4.69, 9.17) is 4.74 Å². The highest BCUT2D eigenvalue weighted by atomic mass is 19.1. The standard InChI is InChI=1S/C25H34FN3O2/c1-19(2)18-31-24-11-7-20(8-12-24)16-28-25(30)29(23-4-3-14-27-15-13-23)17-21-5-9-22(26)10-6-21/h5-12,19,23,27H,3-4,13-18H2,1-2H3,(H,28,30)/t23-/m0/s1. The molecule has 1 aliphatic rings. The first-order chi connectivity index (χ1) is 15.0. The van der Waals surface area contributed by atoms with Crippen molar-refractivity contribution in [3.05, 3.63) is 65.5 Å². The summed E-state index contributed by atoms with van der Waals surface area (Å²) in [5.74, 6) is 1.05. The number of halogens is 1. The summed E-state index contributed by atoms with van der Waals surface area (Å²) < 4.78 is 19.0. The molecule has 2 N–H and O–H groups in total. The fourth-order valence-electron chi connectivity index (χ4n) is 3.71. The lowest BCUT2D eigenvalue weighted by Gasteiger charge is -2.31. The molecule has 2 amide bonds. The van der Waals surface area contributed by atoms with E-state index in [2.05, 4.69) is 24.5 Å². The van der Waals surface area contributed by atoms with Crippen molar-refractivity contribution in [2.75, 3.05) is 19.7 Å². The molecule has 0 bridgehead atoms. The number of amides is 2. The number of hydrogen-bond acceptors (Lipinski definition) is 3. The number of rotatable bonds is 8. The minimum atomic E-state index is -0.265. The van der Waals surface area contributed by atoms with Crippen LogP contribution in [-0.2, 0) is 13.1 Å². The second-order valence-electron chi connectivity index (χ2n) is 8.60. The zero-order valence-electron chi connectivity index (χ0n) is 18.6. The van der Waals surface area contributed by atoms with Crippen LogP contribution >= 0.6 is 0 Å². The van der Waals surface area contributed by atoms with Crippen LogP contribution in [-0.4, -0.2) is 36.7 Å². The first kappa shape index (κ1) is 23.1. The maximum Gasteiger partial charge on any atom is 0.318 e. The monoisotopic (exact) mass is 427 g/mol. The third kappa shape index (κ3) is 7.55. The van der Waals surface area contributed by atoms with Gasteiger partial charge in [-0.15, -0.1) is 0 Å². The minimum Gasteiger partial charge on any atom is -0.493 e. The van der Waals surface area contributed by atoms with Gasteiger partial charge in [-0.3, -0.25) is 0 Å². The van der Waals surface area contributed by atoms with E-state index in [0.717, 1.165) is 49.2 Å². The molecule has 31 heavy (non-hydrogen) atoms. The Kier molecular flexibility index (Phi) is 8.71. The van der Waals surface area contributed by atoms with Gasteiger partial charge in [0, 0.05) is 19.1 Å². The number of benzene rings is 2. The summed E-state index contributed by atoms with van der Waals surface area (Å²) in [4.78, 5) is 15.0. The van der Waals surface area contributed by atoms with Gasteiger partial charge in [0.25, 0.3) is 0 Å². The lowest BCUT2D eigenvalue weighted by atomic mass is 10.1. The normalized spacial score (nSPS) is 16.6. The van der Waals surface area contributed by atoms with Crippen LogP contribution in [0.25, 0.3) is 0 Å². The molecule has 0 aliphatic carbocycles. The molecule has 1 saturated heterocycles. The van der Waals surface area contributed by atoms with Crippen molar-refractivity contribution >= 4 is 6.03 Å². The topological polar surface area (TPSA) is 53.6 Å². The Bertz CT molecular complexity index is 801. The van der Waals surface area contributed by atoms with Crippen LogP contribution < -0.4 is 15.4 Å². The fourth-order valence-corrected chi connectivity index (χ4v) is 3.71. The molecule has 0 radical (unpaired) electrons. The Morgan fingerprint density at radius 1 is 1.10 bits per heavy atom. The SMILES string of the molecule is CC(C)COc1ccc(CNC(=O)N(Cc2ccc(F)cc2)[C@H]2CCCNCC2)cc1. The van der Waals surface area contributed by atoms with Gasteiger partial charge in [-0.25, -0.2) is 9.18 Å². The average Bonchev–Trinajstić information content (AvgIpc) is 3.06. The summed E-state index contributed by atoms with van der Waals surface area (Å²) in [6.07, 6.45) is 2.91. The summed E-state index contributed by atoms with van der Waals surface area (Å²) >= 11 is 0. The molecule has 2 aromatic rings. The zero-order valence-corrected chi connectivity index (χ0v) is 18.6. The predicted molar refractivity (Wildman–Crippen MR) is 121 cm³/mol. The van der Waals surface area contributed by atoms with Gasteiger partial charge >= 0.3 is 6.03 Å². The largest absolute Gasteiger partial charge is 0.493 e. The van der Waals surface area contributed by atoms with Crippen molar-refractivity contribution in [3.63, 3.8) is 0 Å². The van der Waals surface area contributed by atoms with Gasteiger partial charge in [0.05, 0.1) is 6.61 Å². The van der Waals surface area contributed by atoms with Crippen LogP contribution in [0.15, 0.2) is 48.5 Å². The van der Waals surface area contributed by atoms with E-state index in [1.807, 2.05) is 29.2 Å². The van der Waals surface area contributed by atoms with Crippen LogP contribution in [0.3, 0.4) is 0 Å². The maximum atomic E-state index is 13.3. The van der Waals surface area contributed by atoms with E-state index in [0.29, 0.717) is 25.6 Å². The molecule has 0 spiro atoms. The highest BCUT2D eigenvalue weighted by Crippen LogP contribution is 2.18. The summed E-state index contributed by atoms with van der Waals surface area (Å²) in [6, 6.07) is 14.3. The van der Waals surface area contributed by atoms with E-state index in [-0.39, 0.29) is 17.9 Å².